The van der Waals surface area contributed by atoms with Gasteiger partial charge in [0.2, 0.25) is 0 Å². The highest BCUT2D eigenvalue weighted by Gasteiger charge is 2.20. The average Bonchev–Trinajstić information content (AvgIpc) is 3.34. The van der Waals surface area contributed by atoms with E-state index in [9.17, 15) is 9.59 Å². The number of aromatic amines is 1. The number of hydrogen-bond acceptors (Lipinski definition) is 5. The summed E-state index contributed by atoms with van der Waals surface area (Å²) in [6.45, 7) is 4.12. The van der Waals surface area contributed by atoms with Gasteiger partial charge < -0.3 is 14.5 Å². The monoisotopic (exact) mass is 551 g/mol. The second kappa shape index (κ2) is 11.9. The lowest BCUT2D eigenvalue weighted by molar-refractivity contribution is 0.0728. The smallest absolute Gasteiger partial charge is 0.343 e. The predicted molar refractivity (Wildman–Crippen MR) is 158 cm³/mol. The highest BCUT2D eigenvalue weighted by Crippen LogP contribution is 2.36. The Bertz CT molecular complexity index is 1740. The van der Waals surface area contributed by atoms with Crippen LogP contribution in [-0.2, 0) is 0 Å². The molecule has 0 spiro atoms. The first kappa shape index (κ1) is 26.7. The minimum absolute atomic E-state index is 0.289. The minimum Gasteiger partial charge on any atom is -0.490 e. The number of benzene rings is 4. The van der Waals surface area contributed by atoms with Crippen LogP contribution >= 0.6 is 11.6 Å². The summed E-state index contributed by atoms with van der Waals surface area (Å²) < 4.78 is 11.3. The normalized spacial score (nSPS) is 11.1. The van der Waals surface area contributed by atoms with E-state index in [-0.39, 0.29) is 5.75 Å². The second-order valence-electron chi connectivity index (χ2n) is 9.00. The Kier molecular flexibility index (Phi) is 7.94. The Balaban J connectivity index is 1.36. The van der Waals surface area contributed by atoms with E-state index in [1.54, 1.807) is 42.5 Å². The van der Waals surface area contributed by atoms with Crippen LogP contribution in [0.1, 0.15) is 38.9 Å². The lowest BCUT2D eigenvalue weighted by atomic mass is 10.0. The number of aryl methyl sites for hydroxylation is 1. The number of fused-ring (bicyclic) bond motifs is 1. The van der Waals surface area contributed by atoms with Crippen LogP contribution in [0.15, 0.2) is 96.1 Å². The summed E-state index contributed by atoms with van der Waals surface area (Å²) in [6.07, 6.45) is 1.49. The van der Waals surface area contributed by atoms with Crippen molar-refractivity contribution in [1.82, 2.24) is 10.4 Å². The van der Waals surface area contributed by atoms with Crippen LogP contribution in [0.5, 0.6) is 11.5 Å². The number of para-hydroxylation sites is 1. The number of hydrogen-bond donors (Lipinski definition) is 2. The maximum Gasteiger partial charge on any atom is 0.343 e. The van der Waals surface area contributed by atoms with E-state index in [0.29, 0.717) is 39.8 Å². The third kappa shape index (κ3) is 5.75. The van der Waals surface area contributed by atoms with Crippen molar-refractivity contribution in [3.63, 3.8) is 0 Å². The summed E-state index contributed by atoms with van der Waals surface area (Å²) in [6, 6.07) is 27.2. The molecule has 1 heterocycles. The third-order valence-electron chi connectivity index (χ3n) is 6.18. The van der Waals surface area contributed by atoms with E-state index in [1.807, 2.05) is 62.4 Å². The molecule has 0 unspecified atom stereocenters. The molecule has 2 N–H and O–H groups in total. The van der Waals surface area contributed by atoms with Gasteiger partial charge in [-0.2, -0.15) is 5.10 Å². The fourth-order valence-electron chi connectivity index (χ4n) is 4.37. The number of nitrogens with zero attached hydrogens (tertiary/aromatic N) is 1. The van der Waals surface area contributed by atoms with Crippen molar-refractivity contribution >= 4 is 40.6 Å². The molecule has 0 aliphatic rings. The Morgan fingerprint density at radius 2 is 1.75 bits per heavy atom. The molecule has 0 aliphatic carbocycles. The number of rotatable bonds is 8. The number of aromatic nitrogens is 1. The topological polar surface area (TPSA) is 92.8 Å². The van der Waals surface area contributed by atoms with Crippen molar-refractivity contribution < 1.29 is 19.1 Å². The van der Waals surface area contributed by atoms with Crippen LogP contribution in [0, 0.1) is 6.92 Å². The molecule has 8 heteroatoms. The number of nitrogens with one attached hydrogen (secondary N) is 2. The number of ether oxygens (including phenoxy) is 2. The second-order valence-corrected chi connectivity index (χ2v) is 9.40. The number of carbonyl (C=O) groups excluding carboxylic acids is 2. The van der Waals surface area contributed by atoms with E-state index in [4.69, 9.17) is 21.1 Å². The fraction of sp³-hybridized carbons (Fsp3) is 0.0938. The summed E-state index contributed by atoms with van der Waals surface area (Å²) in [4.78, 5) is 29.1. The van der Waals surface area contributed by atoms with Gasteiger partial charge in [-0.05, 0) is 61.9 Å². The standard InChI is InChI=1S/C32H26ClN3O4/c1-3-39-28-18-21(15-16-27(28)40-32(38)22-10-8-9-20(2)17-22)19-34-36-31(37)30-29(23-11-4-6-13-25(23)33)24-12-5-7-14-26(24)35-30/h4-19,35H,3H2,1-2H3,(H,36,37). The Morgan fingerprint density at radius 3 is 2.55 bits per heavy atom. The first-order valence-electron chi connectivity index (χ1n) is 12.7. The van der Waals surface area contributed by atoms with Gasteiger partial charge in [-0.25, -0.2) is 10.2 Å². The lowest BCUT2D eigenvalue weighted by Gasteiger charge is -2.11. The zero-order valence-electron chi connectivity index (χ0n) is 21.9. The van der Waals surface area contributed by atoms with Crippen molar-refractivity contribution in [3.8, 4) is 22.6 Å². The van der Waals surface area contributed by atoms with E-state index in [2.05, 4.69) is 15.5 Å². The molecular formula is C32H26ClN3O4. The van der Waals surface area contributed by atoms with Crippen LogP contribution in [0.2, 0.25) is 5.02 Å². The number of H-pyrrole nitrogens is 1. The van der Waals surface area contributed by atoms with Crippen molar-refractivity contribution in [3.05, 3.63) is 118 Å². The maximum absolute atomic E-state index is 13.2. The lowest BCUT2D eigenvalue weighted by Crippen LogP contribution is -2.19. The first-order chi connectivity index (χ1) is 19.4. The van der Waals surface area contributed by atoms with E-state index >= 15 is 0 Å². The first-order valence-corrected chi connectivity index (χ1v) is 13.1. The van der Waals surface area contributed by atoms with Gasteiger partial charge in [-0.15, -0.1) is 0 Å². The molecule has 200 valence electrons. The van der Waals surface area contributed by atoms with Crippen molar-refractivity contribution in [1.29, 1.82) is 0 Å². The minimum atomic E-state index is -0.481. The summed E-state index contributed by atoms with van der Waals surface area (Å²) in [5.41, 5.74) is 7.24. The van der Waals surface area contributed by atoms with E-state index < -0.39 is 11.9 Å². The van der Waals surface area contributed by atoms with Gasteiger partial charge in [0.15, 0.2) is 11.5 Å². The average molecular weight is 552 g/mol. The van der Waals surface area contributed by atoms with E-state index in [1.165, 1.54) is 6.21 Å². The van der Waals surface area contributed by atoms with E-state index in [0.717, 1.165) is 22.0 Å². The molecule has 7 nitrogen and oxygen atoms in total. The molecule has 1 amide bonds. The molecule has 0 saturated carbocycles. The summed E-state index contributed by atoms with van der Waals surface area (Å²) in [5, 5.41) is 5.57. The molecule has 0 radical (unpaired) electrons. The fourth-order valence-corrected chi connectivity index (χ4v) is 4.60. The Labute approximate surface area is 236 Å². The summed E-state index contributed by atoms with van der Waals surface area (Å²) in [7, 11) is 0. The van der Waals surface area contributed by atoms with Gasteiger partial charge in [-0.3, -0.25) is 4.79 Å². The predicted octanol–water partition coefficient (Wildman–Crippen LogP) is 7.18. The summed E-state index contributed by atoms with van der Waals surface area (Å²) in [5.74, 6) is -0.227. The molecule has 4 aromatic carbocycles. The van der Waals surface area contributed by atoms with Crippen molar-refractivity contribution in [2.75, 3.05) is 6.61 Å². The molecule has 0 bridgehead atoms. The SMILES string of the molecule is CCOc1cc(C=NNC(=O)c2[nH]c3ccccc3c2-c2ccccc2Cl)ccc1OC(=O)c1cccc(C)c1. The molecule has 0 saturated heterocycles. The van der Waals surface area contributed by atoms with Gasteiger partial charge in [-0.1, -0.05) is 65.7 Å². The van der Waals surface area contributed by atoms with Gasteiger partial charge in [0.1, 0.15) is 5.69 Å². The van der Waals surface area contributed by atoms with Crippen LogP contribution in [0.3, 0.4) is 0 Å². The highest BCUT2D eigenvalue weighted by atomic mass is 35.5. The van der Waals surface area contributed by atoms with Crippen LogP contribution in [0.4, 0.5) is 0 Å². The molecular weight excluding hydrogens is 526 g/mol. The molecule has 0 aliphatic heterocycles. The van der Waals surface area contributed by atoms with Crippen molar-refractivity contribution in [2.24, 2.45) is 5.10 Å². The van der Waals surface area contributed by atoms with Crippen LogP contribution in [-0.4, -0.2) is 29.7 Å². The molecule has 5 aromatic rings. The Morgan fingerprint density at radius 1 is 0.950 bits per heavy atom. The largest absolute Gasteiger partial charge is 0.490 e. The van der Waals surface area contributed by atoms with Gasteiger partial charge >= 0.3 is 5.97 Å². The maximum atomic E-state index is 13.2. The van der Waals surface area contributed by atoms with Gasteiger partial charge in [0.25, 0.3) is 5.91 Å². The number of halogens is 1. The van der Waals surface area contributed by atoms with Gasteiger partial charge in [0.05, 0.1) is 18.4 Å². The van der Waals surface area contributed by atoms with Crippen LogP contribution < -0.4 is 14.9 Å². The number of esters is 1. The zero-order chi connectivity index (χ0) is 28.1. The summed E-state index contributed by atoms with van der Waals surface area (Å²) >= 11 is 6.49. The highest BCUT2D eigenvalue weighted by molar-refractivity contribution is 6.34. The molecule has 0 fully saturated rings. The number of hydrazone groups is 1. The molecule has 40 heavy (non-hydrogen) atoms. The Hall–Kier alpha value is -4.88. The van der Waals surface area contributed by atoms with Crippen LogP contribution in [0.25, 0.3) is 22.0 Å². The number of amides is 1. The molecule has 0 atom stereocenters. The van der Waals surface area contributed by atoms with Crippen molar-refractivity contribution in [2.45, 2.75) is 13.8 Å². The van der Waals surface area contributed by atoms with Gasteiger partial charge in [0, 0.05) is 27.1 Å². The molecule has 5 rings (SSSR count). The third-order valence-corrected chi connectivity index (χ3v) is 6.51. The zero-order valence-corrected chi connectivity index (χ0v) is 22.7. The number of carbonyl (C=O) groups is 2. The molecule has 1 aromatic heterocycles. The quantitative estimate of drug-likeness (QED) is 0.0924.